The van der Waals surface area contributed by atoms with E-state index in [1.54, 1.807) is 18.2 Å². The lowest BCUT2D eigenvalue weighted by atomic mass is 10.1. The number of unbranched alkanes of at least 4 members (excludes halogenated alkanes) is 2. The fraction of sp³-hybridized carbons (Fsp3) is 0.400. The molecular formula is C35H42FN5O3. The fourth-order valence-corrected chi connectivity index (χ4v) is 5.67. The summed E-state index contributed by atoms with van der Waals surface area (Å²) in [6.07, 6.45) is 3.32. The molecule has 0 N–H and O–H groups in total. The Hall–Kier alpha value is -4.24. The van der Waals surface area contributed by atoms with Gasteiger partial charge in [-0.05, 0) is 56.2 Å². The van der Waals surface area contributed by atoms with E-state index < -0.39 is 0 Å². The Morgan fingerprint density at radius 3 is 2.61 bits per heavy atom. The lowest BCUT2D eigenvalue weighted by Crippen LogP contribution is -2.52. The largest absolute Gasteiger partial charge is 0.473 e. The number of benzene rings is 2. The first-order valence-corrected chi connectivity index (χ1v) is 15.4. The molecule has 2 aromatic carbocycles. The standard InChI is InChI=1S/C35H42FN5O3/c1-6-7-8-16-41-31-20-27(35(42)43-5)14-15-30(31)37-33(41)22-39-17-18-40(21-25(39)4)32-10-9-11-34(38-32)44-23-28-13-12-26(24(2)3)19-29(28)36/h9-15,19-20,25H,2,6-8,16-18,21-23H2,1,3-5H3/t25-/m0/s1. The molecule has 0 aliphatic carbocycles. The second-order valence-electron chi connectivity index (χ2n) is 11.6. The number of methoxy groups -OCH3 is 1. The number of piperazine rings is 1. The highest BCUT2D eigenvalue weighted by atomic mass is 19.1. The molecule has 1 aliphatic rings. The Morgan fingerprint density at radius 2 is 1.89 bits per heavy atom. The summed E-state index contributed by atoms with van der Waals surface area (Å²) in [6.45, 7) is 14.3. The van der Waals surface area contributed by atoms with Crippen molar-refractivity contribution in [2.24, 2.45) is 0 Å². The van der Waals surface area contributed by atoms with E-state index >= 15 is 0 Å². The minimum Gasteiger partial charge on any atom is -0.473 e. The second kappa shape index (κ2) is 14.0. The lowest BCUT2D eigenvalue weighted by Gasteiger charge is -2.40. The number of hydrogen-bond acceptors (Lipinski definition) is 7. The smallest absolute Gasteiger partial charge is 0.337 e. The van der Waals surface area contributed by atoms with E-state index in [9.17, 15) is 9.18 Å². The average molecular weight is 600 g/mol. The predicted octanol–water partition coefficient (Wildman–Crippen LogP) is 6.87. The number of anilines is 1. The molecule has 232 valence electrons. The van der Waals surface area contributed by atoms with Crippen molar-refractivity contribution in [3.8, 4) is 5.88 Å². The first-order valence-electron chi connectivity index (χ1n) is 15.4. The number of pyridine rings is 1. The Morgan fingerprint density at radius 1 is 1.07 bits per heavy atom. The molecule has 3 heterocycles. The van der Waals surface area contributed by atoms with Crippen LogP contribution in [0.3, 0.4) is 0 Å². The van der Waals surface area contributed by atoms with E-state index in [-0.39, 0.29) is 24.4 Å². The summed E-state index contributed by atoms with van der Waals surface area (Å²) in [5, 5.41) is 0. The highest BCUT2D eigenvalue weighted by molar-refractivity contribution is 5.93. The van der Waals surface area contributed by atoms with E-state index in [1.807, 2.05) is 37.3 Å². The summed E-state index contributed by atoms with van der Waals surface area (Å²) in [6, 6.07) is 16.7. The molecule has 8 nitrogen and oxygen atoms in total. The quantitative estimate of drug-likeness (QED) is 0.130. The normalized spacial score (nSPS) is 15.5. The van der Waals surface area contributed by atoms with Gasteiger partial charge in [0.15, 0.2) is 0 Å². The SMILES string of the molecule is C=C(C)c1ccc(COc2cccc(N3CCN(Cc4nc5ccc(C(=O)OC)cc5n4CCCCC)[C@@H](C)C3)n2)c(F)c1. The van der Waals surface area contributed by atoms with Crippen LogP contribution in [0.2, 0.25) is 0 Å². The maximum Gasteiger partial charge on any atom is 0.337 e. The fourth-order valence-electron chi connectivity index (χ4n) is 5.67. The zero-order valence-corrected chi connectivity index (χ0v) is 26.2. The van der Waals surface area contributed by atoms with E-state index in [0.29, 0.717) is 17.0 Å². The number of esters is 1. The third kappa shape index (κ3) is 7.10. The van der Waals surface area contributed by atoms with Crippen LogP contribution >= 0.6 is 0 Å². The van der Waals surface area contributed by atoms with Gasteiger partial charge in [0.05, 0.1) is 30.3 Å². The molecular weight excluding hydrogens is 557 g/mol. The lowest BCUT2D eigenvalue weighted by molar-refractivity contribution is 0.0601. The monoisotopic (exact) mass is 599 g/mol. The van der Waals surface area contributed by atoms with Gasteiger partial charge >= 0.3 is 5.97 Å². The molecule has 4 aromatic rings. The van der Waals surface area contributed by atoms with Crippen LogP contribution in [0.25, 0.3) is 16.6 Å². The third-order valence-corrected chi connectivity index (χ3v) is 8.30. The molecule has 1 saturated heterocycles. The molecule has 1 aliphatic heterocycles. The van der Waals surface area contributed by atoms with Crippen LogP contribution in [0.5, 0.6) is 5.88 Å². The van der Waals surface area contributed by atoms with Gasteiger partial charge in [-0.15, -0.1) is 0 Å². The topological polar surface area (TPSA) is 72.7 Å². The van der Waals surface area contributed by atoms with Gasteiger partial charge in [0.1, 0.15) is 24.1 Å². The molecule has 5 rings (SSSR count). The average Bonchev–Trinajstić information content (AvgIpc) is 3.37. The summed E-state index contributed by atoms with van der Waals surface area (Å²) in [7, 11) is 1.40. The number of nitrogens with zero attached hydrogens (tertiary/aromatic N) is 5. The van der Waals surface area contributed by atoms with Crippen molar-refractivity contribution < 1.29 is 18.7 Å². The Labute approximate surface area is 259 Å². The number of ether oxygens (including phenoxy) is 2. The van der Waals surface area contributed by atoms with Crippen LogP contribution in [0.4, 0.5) is 10.2 Å². The van der Waals surface area contributed by atoms with Crippen molar-refractivity contribution in [2.75, 3.05) is 31.6 Å². The molecule has 0 unspecified atom stereocenters. The zero-order chi connectivity index (χ0) is 31.2. The van der Waals surface area contributed by atoms with Gasteiger partial charge in [-0.3, -0.25) is 4.90 Å². The van der Waals surface area contributed by atoms with Crippen molar-refractivity contribution in [3.63, 3.8) is 0 Å². The van der Waals surface area contributed by atoms with Crippen LogP contribution < -0.4 is 9.64 Å². The van der Waals surface area contributed by atoms with Gasteiger partial charge in [-0.2, -0.15) is 4.98 Å². The van der Waals surface area contributed by atoms with Crippen LogP contribution in [0, 0.1) is 5.82 Å². The summed E-state index contributed by atoms with van der Waals surface area (Å²) in [5.74, 6) is 1.67. The van der Waals surface area contributed by atoms with Crippen LogP contribution in [-0.2, 0) is 24.4 Å². The van der Waals surface area contributed by atoms with E-state index in [1.165, 1.54) is 13.2 Å². The second-order valence-corrected chi connectivity index (χ2v) is 11.6. The van der Waals surface area contributed by atoms with Crippen molar-refractivity contribution >= 4 is 28.4 Å². The van der Waals surface area contributed by atoms with Crippen molar-refractivity contribution in [1.29, 1.82) is 0 Å². The number of halogens is 1. The minimum atomic E-state index is -0.341. The maximum atomic E-state index is 14.6. The third-order valence-electron chi connectivity index (χ3n) is 8.30. The van der Waals surface area contributed by atoms with Gasteiger partial charge in [-0.25, -0.2) is 14.2 Å². The predicted molar refractivity (Wildman–Crippen MR) is 172 cm³/mol. The van der Waals surface area contributed by atoms with Gasteiger partial charge in [0.25, 0.3) is 0 Å². The summed E-state index contributed by atoms with van der Waals surface area (Å²) >= 11 is 0. The molecule has 0 amide bonds. The highest BCUT2D eigenvalue weighted by Crippen LogP contribution is 2.25. The van der Waals surface area contributed by atoms with Gasteiger partial charge in [0.2, 0.25) is 5.88 Å². The molecule has 0 radical (unpaired) electrons. The number of allylic oxidation sites excluding steroid dienone is 1. The van der Waals surface area contributed by atoms with Gasteiger partial charge < -0.3 is 18.9 Å². The molecule has 0 spiro atoms. The molecule has 1 atom stereocenters. The number of imidazole rings is 1. The molecule has 9 heteroatoms. The Balaban J connectivity index is 1.26. The van der Waals surface area contributed by atoms with Crippen LogP contribution in [0.15, 0.2) is 61.2 Å². The molecule has 2 aromatic heterocycles. The molecule has 44 heavy (non-hydrogen) atoms. The number of carbonyl (C=O) groups is 1. The van der Waals surface area contributed by atoms with E-state index in [4.69, 9.17) is 19.4 Å². The number of rotatable bonds is 12. The number of hydrogen-bond donors (Lipinski definition) is 0. The molecule has 0 bridgehead atoms. The molecule has 0 saturated carbocycles. The number of carbonyl (C=O) groups excluding carboxylic acids is 1. The molecule has 1 fully saturated rings. The first-order chi connectivity index (χ1) is 21.3. The van der Waals surface area contributed by atoms with Crippen LogP contribution in [-0.4, -0.2) is 58.2 Å². The van der Waals surface area contributed by atoms with E-state index in [2.05, 4.69) is 34.8 Å². The van der Waals surface area contributed by atoms with Gasteiger partial charge in [-0.1, -0.05) is 50.1 Å². The highest BCUT2D eigenvalue weighted by Gasteiger charge is 2.27. The summed E-state index contributed by atoms with van der Waals surface area (Å²) in [5.41, 5.74) is 4.48. The Bertz CT molecular complexity index is 1630. The number of aryl methyl sites for hydroxylation is 1. The van der Waals surface area contributed by atoms with Gasteiger partial charge in [0, 0.05) is 43.9 Å². The van der Waals surface area contributed by atoms with Crippen molar-refractivity contribution in [1.82, 2.24) is 19.4 Å². The van der Waals surface area contributed by atoms with Crippen LogP contribution in [0.1, 0.15) is 67.3 Å². The van der Waals surface area contributed by atoms with Crippen molar-refractivity contribution in [3.05, 3.63) is 89.5 Å². The number of fused-ring (bicyclic) bond motifs is 1. The van der Waals surface area contributed by atoms with Crippen molar-refractivity contribution in [2.45, 2.75) is 65.8 Å². The van der Waals surface area contributed by atoms with E-state index in [0.717, 1.165) is 85.8 Å². The Kier molecular flexibility index (Phi) is 9.95. The summed E-state index contributed by atoms with van der Waals surface area (Å²) in [4.78, 5) is 26.7. The summed E-state index contributed by atoms with van der Waals surface area (Å²) < 4.78 is 27.7. The zero-order valence-electron chi connectivity index (χ0n) is 26.2. The number of aromatic nitrogens is 3. The maximum absolute atomic E-state index is 14.6. The first kappa shape index (κ1) is 31.2. The minimum absolute atomic E-state index is 0.101.